The smallest absolute Gasteiger partial charge is 0.286 e. The molecule has 1 aromatic heterocycles. The molecule has 0 spiro atoms. The largest absolute Gasteiger partial charge is 0.418 e. The quantitative estimate of drug-likeness (QED) is 0.416. The molecule has 198 valence electrons. The number of aromatic nitrogens is 2. The van der Waals surface area contributed by atoms with Crippen LogP contribution in [0.25, 0.3) is 5.70 Å². The Morgan fingerprint density at radius 2 is 1.92 bits per heavy atom. The second-order valence-electron chi connectivity index (χ2n) is 9.68. The first-order valence-electron chi connectivity index (χ1n) is 12.4. The number of hydrogen-bond donors (Lipinski definition) is 2. The number of Topliss-reactive ketones (excluding diaryl/α,β-unsaturated/α-hetero) is 1. The summed E-state index contributed by atoms with van der Waals surface area (Å²) in [5, 5.41) is 10.6. The van der Waals surface area contributed by atoms with E-state index >= 15 is 0 Å². The lowest BCUT2D eigenvalue weighted by atomic mass is 9.99. The standard InChI is InChI=1S/C28H30FN5O4/c1-16(2)25(26(36)27-33-32-24(38-27)14-18-6-4-5-17(3)13-18)31-23(35)15-34-22(12-11-21(30)28(34)37)19-7-9-20(29)10-8-19/h4-10,12-13,16,21,25H,11,14-15,30H2,1-3H3,(H,31,35)/t21?,25-/m0/s1. The molecule has 3 N–H and O–H groups in total. The number of hydrogen-bond acceptors (Lipinski definition) is 7. The van der Waals surface area contributed by atoms with Crippen LogP contribution in [0.4, 0.5) is 4.39 Å². The van der Waals surface area contributed by atoms with Gasteiger partial charge in [0.25, 0.3) is 5.89 Å². The average Bonchev–Trinajstić information content (AvgIpc) is 3.34. The highest BCUT2D eigenvalue weighted by Crippen LogP contribution is 2.25. The predicted molar refractivity (Wildman–Crippen MR) is 138 cm³/mol. The van der Waals surface area contributed by atoms with Gasteiger partial charge in [-0.15, -0.1) is 10.2 Å². The van der Waals surface area contributed by atoms with Crippen LogP contribution in [0.2, 0.25) is 0 Å². The maximum atomic E-state index is 13.4. The zero-order valence-electron chi connectivity index (χ0n) is 21.5. The Labute approximate surface area is 219 Å². The van der Waals surface area contributed by atoms with E-state index in [2.05, 4.69) is 15.5 Å². The van der Waals surface area contributed by atoms with Gasteiger partial charge in [0.2, 0.25) is 23.5 Å². The molecule has 4 rings (SSSR count). The average molecular weight is 520 g/mol. The summed E-state index contributed by atoms with van der Waals surface area (Å²) in [5.74, 6) is -2.15. The van der Waals surface area contributed by atoms with Crippen LogP contribution >= 0.6 is 0 Å². The van der Waals surface area contributed by atoms with E-state index < -0.39 is 35.5 Å². The summed E-state index contributed by atoms with van der Waals surface area (Å²) >= 11 is 0. The summed E-state index contributed by atoms with van der Waals surface area (Å²) in [7, 11) is 0. The van der Waals surface area contributed by atoms with Crippen molar-refractivity contribution < 1.29 is 23.2 Å². The van der Waals surface area contributed by atoms with E-state index in [1.807, 2.05) is 31.2 Å². The van der Waals surface area contributed by atoms with Crippen molar-refractivity contribution in [1.82, 2.24) is 20.4 Å². The molecule has 0 fully saturated rings. The fourth-order valence-electron chi connectivity index (χ4n) is 4.28. The predicted octanol–water partition coefficient (Wildman–Crippen LogP) is 3.03. The molecule has 2 atom stereocenters. The van der Waals surface area contributed by atoms with Crippen LogP contribution in [0.5, 0.6) is 0 Å². The van der Waals surface area contributed by atoms with Crippen molar-refractivity contribution in [3.05, 3.63) is 88.9 Å². The molecule has 2 heterocycles. The number of ketones is 1. The van der Waals surface area contributed by atoms with E-state index in [0.717, 1.165) is 11.1 Å². The Balaban J connectivity index is 1.47. The zero-order chi connectivity index (χ0) is 27.4. The van der Waals surface area contributed by atoms with Crippen molar-refractivity contribution >= 4 is 23.3 Å². The number of nitrogens with zero attached hydrogens (tertiary/aromatic N) is 3. The van der Waals surface area contributed by atoms with E-state index in [1.54, 1.807) is 19.9 Å². The van der Waals surface area contributed by atoms with Gasteiger partial charge < -0.3 is 20.4 Å². The van der Waals surface area contributed by atoms with Crippen LogP contribution in [-0.4, -0.2) is 51.3 Å². The van der Waals surface area contributed by atoms with Crippen molar-refractivity contribution in [2.45, 2.75) is 45.7 Å². The highest BCUT2D eigenvalue weighted by atomic mass is 19.1. The zero-order valence-corrected chi connectivity index (χ0v) is 21.5. The lowest BCUT2D eigenvalue weighted by Crippen LogP contribution is -2.52. The first kappa shape index (κ1) is 26.9. The summed E-state index contributed by atoms with van der Waals surface area (Å²) in [6, 6.07) is 11.7. The highest BCUT2D eigenvalue weighted by molar-refractivity contribution is 6.00. The van der Waals surface area contributed by atoms with E-state index in [1.165, 1.54) is 29.2 Å². The normalized spacial score (nSPS) is 16.4. The molecular formula is C28H30FN5O4. The number of rotatable bonds is 9. The number of carbonyl (C=O) groups is 3. The maximum absolute atomic E-state index is 13.4. The molecule has 2 aromatic carbocycles. The van der Waals surface area contributed by atoms with Gasteiger partial charge in [0, 0.05) is 5.70 Å². The molecule has 1 aliphatic heterocycles. The minimum atomic E-state index is -0.957. The van der Waals surface area contributed by atoms with E-state index in [9.17, 15) is 18.8 Å². The van der Waals surface area contributed by atoms with Crippen LogP contribution in [0.15, 0.2) is 59.0 Å². The number of halogens is 1. The SMILES string of the molecule is Cc1cccc(Cc2nnc(C(=O)[C@@H](NC(=O)CN3C(=O)C(N)CC=C3c3ccc(F)cc3)C(C)C)o2)c1. The third-order valence-corrected chi connectivity index (χ3v) is 6.26. The van der Waals surface area contributed by atoms with Gasteiger partial charge >= 0.3 is 0 Å². The summed E-state index contributed by atoms with van der Waals surface area (Å²) in [6.07, 6.45) is 2.40. The van der Waals surface area contributed by atoms with Gasteiger partial charge in [-0.25, -0.2) is 4.39 Å². The Morgan fingerprint density at radius 3 is 2.61 bits per heavy atom. The van der Waals surface area contributed by atoms with Crippen LogP contribution in [0.3, 0.4) is 0 Å². The number of carbonyl (C=O) groups excluding carboxylic acids is 3. The Morgan fingerprint density at radius 1 is 1.18 bits per heavy atom. The van der Waals surface area contributed by atoms with Gasteiger partial charge in [-0.2, -0.15) is 0 Å². The fraction of sp³-hybridized carbons (Fsp3) is 0.321. The van der Waals surface area contributed by atoms with Crippen LogP contribution in [-0.2, 0) is 16.0 Å². The fourth-order valence-corrected chi connectivity index (χ4v) is 4.28. The molecule has 0 saturated heterocycles. The summed E-state index contributed by atoms with van der Waals surface area (Å²) in [5.41, 5.74) is 9.02. The molecule has 9 nitrogen and oxygen atoms in total. The van der Waals surface area contributed by atoms with Gasteiger partial charge in [0.1, 0.15) is 12.4 Å². The molecule has 0 saturated carbocycles. The molecule has 3 aromatic rings. The number of aryl methyl sites for hydroxylation is 1. The minimum Gasteiger partial charge on any atom is -0.418 e. The van der Waals surface area contributed by atoms with Gasteiger partial charge in [-0.1, -0.05) is 49.8 Å². The molecule has 0 aliphatic carbocycles. The summed E-state index contributed by atoms with van der Waals surface area (Å²) < 4.78 is 19.1. The number of nitrogens with one attached hydrogen (secondary N) is 1. The topological polar surface area (TPSA) is 131 Å². The Bertz CT molecular complexity index is 1370. The van der Waals surface area contributed by atoms with E-state index in [-0.39, 0.29) is 24.2 Å². The van der Waals surface area contributed by atoms with Gasteiger partial charge in [-0.05, 0) is 54.7 Å². The van der Waals surface area contributed by atoms with Crippen molar-refractivity contribution in [1.29, 1.82) is 0 Å². The number of benzene rings is 2. The van der Waals surface area contributed by atoms with Crippen molar-refractivity contribution in [2.75, 3.05) is 6.54 Å². The first-order chi connectivity index (χ1) is 18.1. The number of nitrogens with two attached hydrogens (primary N) is 1. The van der Waals surface area contributed by atoms with Crippen molar-refractivity contribution in [3.63, 3.8) is 0 Å². The molecular weight excluding hydrogens is 489 g/mol. The third-order valence-electron chi connectivity index (χ3n) is 6.26. The van der Waals surface area contributed by atoms with Crippen molar-refractivity contribution in [3.8, 4) is 0 Å². The van der Waals surface area contributed by atoms with E-state index in [4.69, 9.17) is 10.2 Å². The van der Waals surface area contributed by atoms with E-state index in [0.29, 0.717) is 24.1 Å². The first-order valence-corrected chi connectivity index (χ1v) is 12.4. The molecule has 1 unspecified atom stereocenters. The highest BCUT2D eigenvalue weighted by Gasteiger charge is 2.33. The van der Waals surface area contributed by atoms with Gasteiger partial charge in [-0.3, -0.25) is 14.4 Å². The second kappa shape index (κ2) is 11.5. The summed E-state index contributed by atoms with van der Waals surface area (Å²) in [6.45, 7) is 5.16. The molecule has 1 aliphatic rings. The minimum absolute atomic E-state index is 0.199. The Hall–Kier alpha value is -4.18. The maximum Gasteiger partial charge on any atom is 0.286 e. The van der Waals surface area contributed by atoms with Crippen LogP contribution in [0.1, 0.15) is 53.5 Å². The lowest BCUT2D eigenvalue weighted by molar-refractivity contribution is -0.134. The molecule has 10 heteroatoms. The molecule has 0 radical (unpaired) electrons. The van der Waals surface area contributed by atoms with Gasteiger partial charge in [0.15, 0.2) is 0 Å². The second-order valence-corrected chi connectivity index (χ2v) is 9.68. The molecule has 38 heavy (non-hydrogen) atoms. The van der Waals surface area contributed by atoms with Crippen LogP contribution < -0.4 is 11.1 Å². The van der Waals surface area contributed by atoms with Gasteiger partial charge in [0.05, 0.1) is 18.5 Å². The third kappa shape index (κ3) is 6.20. The molecule has 2 amide bonds. The van der Waals surface area contributed by atoms with Crippen LogP contribution in [0, 0.1) is 18.7 Å². The lowest BCUT2D eigenvalue weighted by Gasteiger charge is -2.32. The summed E-state index contributed by atoms with van der Waals surface area (Å²) in [4.78, 5) is 40.4. The number of amides is 2. The Kier molecular flexibility index (Phi) is 8.11. The molecule has 0 bridgehead atoms. The monoisotopic (exact) mass is 519 g/mol. The van der Waals surface area contributed by atoms with Crippen molar-refractivity contribution in [2.24, 2.45) is 11.7 Å².